The van der Waals surface area contributed by atoms with Gasteiger partial charge in [-0.05, 0) is 31.4 Å². The van der Waals surface area contributed by atoms with Crippen LogP contribution in [0.3, 0.4) is 0 Å². The number of nitrogens with one attached hydrogen (secondary N) is 1. The molecule has 0 unspecified atom stereocenters. The summed E-state index contributed by atoms with van der Waals surface area (Å²) in [6, 6.07) is 8.03. The molecule has 2 aromatic rings. The van der Waals surface area contributed by atoms with Crippen molar-refractivity contribution in [3.05, 3.63) is 47.3 Å². The molecule has 1 aliphatic carbocycles. The van der Waals surface area contributed by atoms with Gasteiger partial charge in [0, 0.05) is 6.42 Å². The van der Waals surface area contributed by atoms with Gasteiger partial charge >= 0.3 is 0 Å². The molecule has 23 heavy (non-hydrogen) atoms. The number of sulfonamides is 1. The molecule has 0 radical (unpaired) electrons. The van der Waals surface area contributed by atoms with Crippen LogP contribution in [-0.2, 0) is 16.4 Å². The van der Waals surface area contributed by atoms with Gasteiger partial charge in [-0.25, -0.2) is 23.1 Å². The molecule has 1 aromatic carbocycles. The largest absolute Gasteiger partial charge is 0.294 e. The predicted octanol–water partition coefficient (Wildman–Crippen LogP) is 2.35. The van der Waals surface area contributed by atoms with Gasteiger partial charge in [0.2, 0.25) is 5.95 Å². The molecular weight excluding hydrogens is 314 g/mol. The van der Waals surface area contributed by atoms with E-state index in [4.69, 9.17) is 0 Å². The Morgan fingerprint density at radius 2 is 1.83 bits per heavy atom. The van der Waals surface area contributed by atoms with E-state index in [0.29, 0.717) is 29.8 Å². The predicted molar refractivity (Wildman–Crippen MR) is 85.8 cm³/mol. The van der Waals surface area contributed by atoms with Gasteiger partial charge in [-0.3, -0.25) is 4.79 Å². The minimum absolute atomic E-state index is 0.00648. The second-order valence-corrected chi connectivity index (χ2v) is 7.49. The average Bonchev–Trinajstić information content (AvgIpc) is 2.46. The molecule has 120 valence electrons. The summed E-state index contributed by atoms with van der Waals surface area (Å²) in [5.41, 5.74) is 1.66. The Bertz CT molecular complexity index is 864. The van der Waals surface area contributed by atoms with Gasteiger partial charge in [0.25, 0.3) is 10.0 Å². The van der Waals surface area contributed by atoms with Crippen LogP contribution in [0.25, 0.3) is 0 Å². The zero-order valence-electron chi connectivity index (χ0n) is 12.9. The van der Waals surface area contributed by atoms with E-state index >= 15 is 0 Å². The van der Waals surface area contributed by atoms with E-state index in [-0.39, 0.29) is 22.5 Å². The number of carbonyl (C=O) groups excluding carboxylic acids is 1. The topological polar surface area (TPSA) is 89.0 Å². The van der Waals surface area contributed by atoms with E-state index in [1.54, 1.807) is 25.1 Å². The van der Waals surface area contributed by atoms with Gasteiger partial charge < -0.3 is 0 Å². The molecule has 0 aliphatic heterocycles. The van der Waals surface area contributed by atoms with Gasteiger partial charge in [-0.15, -0.1) is 0 Å². The van der Waals surface area contributed by atoms with Gasteiger partial charge in [0.15, 0.2) is 5.78 Å². The maximum absolute atomic E-state index is 12.4. The number of anilines is 1. The molecule has 0 saturated heterocycles. The van der Waals surface area contributed by atoms with Gasteiger partial charge in [-0.2, -0.15) is 0 Å². The van der Waals surface area contributed by atoms with Crippen LogP contribution >= 0.6 is 0 Å². The van der Waals surface area contributed by atoms with Crippen LogP contribution in [0.5, 0.6) is 0 Å². The number of aryl methyl sites for hydroxylation is 1. The highest BCUT2D eigenvalue weighted by molar-refractivity contribution is 7.92. The van der Waals surface area contributed by atoms with E-state index in [0.717, 1.165) is 0 Å². The van der Waals surface area contributed by atoms with Crippen LogP contribution < -0.4 is 4.72 Å². The van der Waals surface area contributed by atoms with Crippen molar-refractivity contribution >= 4 is 21.8 Å². The molecule has 0 fully saturated rings. The van der Waals surface area contributed by atoms with E-state index in [1.807, 2.05) is 6.92 Å². The normalized spacial score (nSPS) is 17.7. The lowest BCUT2D eigenvalue weighted by Gasteiger charge is -2.21. The molecule has 1 N–H and O–H groups in total. The van der Waals surface area contributed by atoms with Crippen molar-refractivity contribution in [1.82, 2.24) is 9.97 Å². The molecule has 3 rings (SSSR count). The van der Waals surface area contributed by atoms with Crippen molar-refractivity contribution in [2.45, 2.75) is 31.6 Å². The van der Waals surface area contributed by atoms with Crippen molar-refractivity contribution in [3.63, 3.8) is 0 Å². The molecule has 0 bridgehead atoms. The van der Waals surface area contributed by atoms with Gasteiger partial charge in [0.1, 0.15) is 0 Å². The first-order valence-electron chi connectivity index (χ1n) is 7.35. The van der Waals surface area contributed by atoms with E-state index in [2.05, 4.69) is 14.7 Å². The summed E-state index contributed by atoms with van der Waals surface area (Å²) >= 11 is 0. The standard InChI is InChI=1S/C16H17N3O3S/c1-10-8-13-15(14(20)9-10)11(2)17-16(18-13)19-23(21,22)12-6-4-3-5-7-12/h3-7,10H,8-9H2,1-2H3,(H,17,18,19)/t10-/m1/s1. The number of ketones is 1. The Morgan fingerprint density at radius 3 is 2.52 bits per heavy atom. The average molecular weight is 331 g/mol. The minimum atomic E-state index is -3.74. The fourth-order valence-corrected chi connectivity index (χ4v) is 3.75. The number of nitrogens with zero attached hydrogens (tertiary/aromatic N) is 2. The summed E-state index contributed by atoms with van der Waals surface area (Å²) < 4.78 is 27.1. The number of hydrogen-bond donors (Lipinski definition) is 1. The van der Waals surface area contributed by atoms with Gasteiger partial charge in [-0.1, -0.05) is 25.1 Å². The summed E-state index contributed by atoms with van der Waals surface area (Å²) in [7, 11) is -3.74. The summed E-state index contributed by atoms with van der Waals surface area (Å²) in [5, 5.41) is 0. The number of aromatic nitrogens is 2. The number of Topliss-reactive ketones (excluding diaryl/α,β-unsaturated/α-hetero) is 1. The Hall–Kier alpha value is -2.28. The Kier molecular flexibility index (Phi) is 3.89. The van der Waals surface area contributed by atoms with Crippen LogP contribution in [-0.4, -0.2) is 24.2 Å². The molecule has 1 atom stereocenters. The van der Waals surface area contributed by atoms with Crippen LogP contribution in [0, 0.1) is 12.8 Å². The van der Waals surface area contributed by atoms with Crippen molar-refractivity contribution in [1.29, 1.82) is 0 Å². The molecule has 0 spiro atoms. The minimum Gasteiger partial charge on any atom is -0.294 e. The Balaban J connectivity index is 1.98. The maximum Gasteiger partial charge on any atom is 0.264 e. The fraction of sp³-hybridized carbons (Fsp3) is 0.312. The number of rotatable bonds is 3. The van der Waals surface area contributed by atoms with E-state index in [1.165, 1.54) is 12.1 Å². The number of fused-ring (bicyclic) bond motifs is 1. The lowest BCUT2D eigenvalue weighted by atomic mass is 9.86. The monoisotopic (exact) mass is 331 g/mol. The zero-order valence-corrected chi connectivity index (χ0v) is 13.7. The zero-order chi connectivity index (χ0) is 16.6. The van der Waals surface area contributed by atoms with Crippen molar-refractivity contribution in [2.75, 3.05) is 4.72 Å². The third-order valence-corrected chi connectivity index (χ3v) is 5.14. The SMILES string of the molecule is Cc1nc(NS(=O)(=O)c2ccccc2)nc2c1C(=O)C[C@H](C)C2. The summed E-state index contributed by atoms with van der Waals surface area (Å²) in [6.07, 6.45) is 1.12. The second-order valence-electron chi connectivity index (χ2n) is 5.81. The third kappa shape index (κ3) is 3.10. The van der Waals surface area contributed by atoms with E-state index in [9.17, 15) is 13.2 Å². The third-order valence-electron chi connectivity index (χ3n) is 3.80. The number of carbonyl (C=O) groups is 1. The van der Waals surface area contributed by atoms with Crippen molar-refractivity contribution in [3.8, 4) is 0 Å². The van der Waals surface area contributed by atoms with Crippen LogP contribution in [0.2, 0.25) is 0 Å². The maximum atomic E-state index is 12.4. The summed E-state index contributed by atoms with van der Waals surface area (Å²) in [4.78, 5) is 20.7. The molecule has 1 aromatic heterocycles. The van der Waals surface area contributed by atoms with Crippen LogP contribution in [0.1, 0.15) is 35.1 Å². The highest BCUT2D eigenvalue weighted by Crippen LogP contribution is 2.27. The molecule has 0 saturated carbocycles. The number of hydrogen-bond acceptors (Lipinski definition) is 5. The fourth-order valence-electron chi connectivity index (χ4n) is 2.79. The second kappa shape index (κ2) is 5.73. The molecule has 0 amide bonds. The summed E-state index contributed by atoms with van der Waals surface area (Å²) in [5.74, 6) is 0.226. The van der Waals surface area contributed by atoms with Crippen molar-refractivity contribution in [2.24, 2.45) is 5.92 Å². The first kappa shape index (κ1) is 15.6. The van der Waals surface area contributed by atoms with Crippen LogP contribution in [0.4, 0.5) is 5.95 Å². The quantitative estimate of drug-likeness (QED) is 0.932. The lowest BCUT2D eigenvalue weighted by Crippen LogP contribution is -2.23. The summed E-state index contributed by atoms with van der Waals surface area (Å²) in [6.45, 7) is 3.68. The first-order chi connectivity index (χ1) is 10.9. The molecular formula is C16H17N3O3S. The first-order valence-corrected chi connectivity index (χ1v) is 8.83. The smallest absolute Gasteiger partial charge is 0.264 e. The van der Waals surface area contributed by atoms with Crippen molar-refractivity contribution < 1.29 is 13.2 Å². The lowest BCUT2D eigenvalue weighted by molar-refractivity contribution is 0.0951. The Morgan fingerprint density at radius 1 is 1.13 bits per heavy atom. The molecule has 1 heterocycles. The highest BCUT2D eigenvalue weighted by Gasteiger charge is 2.27. The molecule has 7 heteroatoms. The molecule has 1 aliphatic rings. The van der Waals surface area contributed by atoms with Crippen LogP contribution in [0.15, 0.2) is 35.2 Å². The van der Waals surface area contributed by atoms with E-state index < -0.39 is 10.0 Å². The highest BCUT2D eigenvalue weighted by atomic mass is 32.2. The number of benzene rings is 1. The van der Waals surface area contributed by atoms with Gasteiger partial charge in [0.05, 0.1) is 21.8 Å². The Labute approximate surface area is 135 Å². The molecule has 6 nitrogen and oxygen atoms in total.